The van der Waals surface area contributed by atoms with Gasteiger partial charge in [-0.1, -0.05) is 19.8 Å². The zero-order valence-electron chi connectivity index (χ0n) is 16.0. The molecule has 1 atom stereocenters. The van der Waals surface area contributed by atoms with Crippen molar-refractivity contribution in [3.05, 3.63) is 11.8 Å². The Balaban J connectivity index is 1.60. The maximum absolute atomic E-state index is 12.8. The Morgan fingerprint density at radius 3 is 2.65 bits per heavy atom. The molecular formula is C19H31N5O2. The van der Waals surface area contributed by atoms with E-state index in [4.69, 9.17) is 0 Å². The summed E-state index contributed by atoms with van der Waals surface area (Å²) in [6.07, 6.45) is 6.10. The number of hydrogen-bond acceptors (Lipinski definition) is 4. The molecule has 0 radical (unpaired) electrons. The molecule has 1 fully saturated rings. The van der Waals surface area contributed by atoms with E-state index in [1.165, 1.54) is 25.7 Å². The first-order valence-corrected chi connectivity index (χ1v) is 9.96. The van der Waals surface area contributed by atoms with E-state index in [0.717, 1.165) is 31.1 Å². The Kier molecular flexibility index (Phi) is 6.29. The third-order valence-electron chi connectivity index (χ3n) is 5.36. The molecule has 1 saturated heterocycles. The zero-order chi connectivity index (χ0) is 18.5. The van der Waals surface area contributed by atoms with Crippen LogP contribution in [0.3, 0.4) is 0 Å². The van der Waals surface area contributed by atoms with Crippen molar-refractivity contribution in [3.63, 3.8) is 0 Å². The van der Waals surface area contributed by atoms with Crippen LogP contribution in [0.1, 0.15) is 51.1 Å². The second-order valence-electron chi connectivity index (χ2n) is 7.35. The van der Waals surface area contributed by atoms with E-state index in [0.29, 0.717) is 25.9 Å². The number of anilines is 1. The summed E-state index contributed by atoms with van der Waals surface area (Å²) < 4.78 is 1.84. The summed E-state index contributed by atoms with van der Waals surface area (Å²) in [7, 11) is 0. The van der Waals surface area contributed by atoms with Gasteiger partial charge < -0.3 is 10.2 Å². The minimum absolute atomic E-state index is 0.00641. The van der Waals surface area contributed by atoms with Crippen LogP contribution in [-0.4, -0.2) is 58.7 Å². The number of likely N-dealkylation sites (tertiary alicyclic amines) is 1. The third kappa shape index (κ3) is 4.26. The van der Waals surface area contributed by atoms with Crippen LogP contribution in [0.5, 0.6) is 0 Å². The molecule has 2 amide bonds. The van der Waals surface area contributed by atoms with Gasteiger partial charge in [-0.2, -0.15) is 5.10 Å². The van der Waals surface area contributed by atoms with E-state index >= 15 is 0 Å². The first-order chi connectivity index (χ1) is 12.6. The topological polar surface area (TPSA) is 70.5 Å². The third-order valence-corrected chi connectivity index (χ3v) is 5.36. The molecule has 0 bridgehead atoms. The van der Waals surface area contributed by atoms with Crippen LogP contribution >= 0.6 is 0 Å². The van der Waals surface area contributed by atoms with Crippen molar-refractivity contribution in [2.45, 2.75) is 65.0 Å². The molecule has 3 rings (SSSR count). The standard InChI is InChI=1S/C19H31N5O2/c1-3-16(19(26)20-9-13-22-10-6-4-5-7-11-22)24-17-14-15(2)21-23(17)12-8-18(24)25/h14,16H,3-13H2,1-2H3,(H,20,26)/t16-/m0/s1. The minimum atomic E-state index is -0.471. The van der Waals surface area contributed by atoms with Crippen LogP contribution in [0.4, 0.5) is 5.82 Å². The molecule has 1 N–H and O–H groups in total. The number of aromatic nitrogens is 2. The van der Waals surface area contributed by atoms with E-state index in [2.05, 4.69) is 15.3 Å². The predicted octanol–water partition coefficient (Wildman–Crippen LogP) is 1.70. The number of aryl methyl sites for hydroxylation is 2. The average molecular weight is 361 g/mol. The van der Waals surface area contributed by atoms with Gasteiger partial charge >= 0.3 is 0 Å². The van der Waals surface area contributed by atoms with Crippen molar-refractivity contribution in [1.82, 2.24) is 20.0 Å². The fraction of sp³-hybridized carbons (Fsp3) is 0.737. The Hall–Kier alpha value is -1.89. The summed E-state index contributed by atoms with van der Waals surface area (Å²) in [5, 5.41) is 7.48. The zero-order valence-corrected chi connectivity index (χ0v) is 16.0. The van der Waals surface area contributed by atoms with Crippen LogP contribution in [0.15, 0.2) is 6.07 Å². The summed E-state index contributed by atoms with van der Waals surface area (Å²) in [5.41, 5.74) is 0.871. The van der Waals surface area contributed by atoms with Gasteiger partial charge in [0.15, 0.2) is 0 Å². The Morgan fingerprint density at radius 1 is 1.23 bits per heavy atom. The molecule has 144 valence electrons. The van der Waals surface area contributed by atoms with Gasteiger partial charge in [0.05, 0.1) is 12.2 Å². The van der Waals surface area contributed by atoms with Gasteiger partial charge in [0.1, 0.15) is 11.9 Å². The molecule has 2 aliphatic heterocycles. The lowest BCUT2D eigenvalue weighted by atomic mass is 10.1. The van der Waals surface area contributed by atoms with Gasteiger partial charge in [0.25, 0.3) is 0 Å². The molecule has 1 aromatic heterocycles. The van der Waals surface area contributed by atoms with Crippen molar-refractivity contribution < 1.29 is 9.59 Å². The number of fused-ring (bicyclic) bond motifs is 1. The van der Waals surface area contributed by atoms with Crippen molar-refractivity contribution in [2.75, 3.05) is 31.1 Å². The van der Waals surface area contributed by atoms with Crippen molar-refractivity contribution in [3.8, 4) is 0 Å². The molecule has 7 nitrogen and oxygen atoms in total. The lowest BCUT2D eigenvalue weighted by Gasteiger charge is -2.33. The van der Waals surface area contributed by atoms with Crippen LogP contribution in [0, 0.1) is 6.92 Å². The Morgan fingerprint density at radius 2 is 1.96 bits per heavy atom. The number of amides is 2. The molecule has 3 heterocycles. The molecule has 26 heavy (non-hydrogen) atoms. The average Bonchev–Trinajstić information content (AvgIpc) is 2.81. The summed E-state index contributed by atoms with van der Waals surface area (Å²) in [5.74, 6) is 0.683. The minimum Gasteiger partial charge on any atom is -0.353 e. The van der Waals surface area contributed by atoms with Gasteiger partial charge in [-0.3, -0.25) is 14.5 Å². The number of nitrogens with one attached hydrogen (secondary N) is 1. The molecule has 0 unspecified atom stereocenters. The van der Waals surface area contributed by atoms with E-state index < -0.39 is 6.04 Å². The quantitative estimate of drug-likeness (QED) is 0.837. The second-order valence-corrected chi connectivity index (χ2v) is 7.35. The van der Waals surface area contributed by atoms with Crippen molar-refractivity contribution in [2.24, 2.45) is 0 Å². The second kappa shape index (κ2) is 8.66. The van der Waals surface area contributed by atoms with Gasteiger partial charge in [0, 0.05) is 25.6 Å². The molecule has 0 saturated carbocycles. The maximum atomic E-state index is 12.8. The highest BCUT2D eigenvalue weighted by Gasteiger charge is 2.34. The van der Waals surface area contributed by atoms with Gasteiger partial charge in [-0.05, 0) is 39.3 Å². The molecule has 2 aliphatic rings. The summed E-state index contributed by atoms with van der Waals surface area (Å²) in [6.45, 7) is 8.21. The highest BCUT2D eigenvalue weighted by atomic mass is 16.2. The maximum Gasteiger partial charge on any atom is 0.243 e. The molecule has 0 spiro atoms. The Bertz CT molecular complexity index is 634. The summed E-state index contributed by atoms with van der Waals surface area (Å²) >= 11 is 0. The molecule has 7 heteroatoms. The van der Waals surface area contributed by atoms with Crippen LogP contribution < -0.4 is 10.2 Å². The van der Waals surface area contributed by atoms with E-state index in [9.17, 15) is 9.59 Å². The van der Waals surface area contributed by atoms with Crippen molar-refractivity contribution >= 4 is 17.6 Å². The summed E-state index contributed by atoms with van der Waals surface area (Å²) in [4.78, 5) is 29.4. The van der Waals surface area contributed by atoms with Gasteiger partial charge in [-0.25, -0.2) is 4.68 Å². The van der Waals surface area contributed by atoms with Gasteiger partial charge in [-0.15, -0.1) is 0 Å². The number of rotatable bonds is 6. The first kappa shape index (κ1) is 18.9. The van der Waals surface area contributed by atoms with Crippen molar-refractivity contribution in [1.29, 1.82) is 0 Å². The molecular weight excluding hydrogens is 330 g/mol. The number of carbonyl (C=O) groups excluding carboxylic acids is 2. The van der Waals surface area contributed by atoms with Crippen LogP contribution in [0.2, 0.25) is 0 Å². The summed E-state index contributed by atoms with van der Waals surface area (Å²) in [6, 6.07) is 1.42. The highest BCUT2D eigenvalue weighted by molar-refractivity contribution is 6.00. The predicted molar refractivity (Wildman–Crippen MR) is 101 cm³/mol. The largest absolute Gasteiger partial charge is 0.353 e. The fourth-order valence-corrected chi connectivity index (χ4v) is 3.97. The van der Waals surface area contributed by atoms with E-state index in [1.807, 2.05) is 24.6 Å². The van der Waals surface area contributed by atoms with Gasteiger partial charge in [0.2, 0.25) is 11.8 Å². The van der Waals surface area contributed by atoms with Crippen LogP contribution in [-0.2, 0) is 16.1 Å². The van der Waals surface area contributed by atoms with E-state index in [-0.39, 0.29) is 11.8 Å². The SMILES string of the molecule is CC[C@@H](C(=O)NCCN1CCCCCC1)N1C(=O)CCn2nc(C)cc21. The first-order valence-electron chi connectivity index (χ1n) is 9.96. The lowest BCUT2D eigenvalue weighted by Crippen LogP contribution is -2.53. The molecule has 1 aromatic rings. The normalized spacial score (nSPS) is 19.8. The number of carbonyl (C=O) groups is 2. The number of nitrogens with zero attached hydrogens (tertiary/aromatic N) is 4. The fourth-order valence-electron chi connectivity index (χ4n) is 3.97. The smallest absolute Gasteiger partial charge is 0.243 e. The highest BCUT2D eigenvalue weighted by Crippen LogP contribution is 2.26. The molecule has 0 aromatic carbocycles. The monoisotopic (exact) mass is 361 g/mol. The number of hydrogen-bond donors (Lipinski definition) is 1. The lowest BCUT2D eigenvalue weighted by molar-refractivity contribution is -0.127. The molecule has 0 aliphatic carbocycles. The van der Waals surface area contributed by atoms with E-state index in [1.54, 1.807) is 4.90 Å². The Labute approximate surface area is 155 Å². The van der Waals surface area contributed by atoms with Crippen LogP contribution in [0.25, 0.3) is 0 Å².